The minimum absolute atomic E-state index is 0.000353. The van der Waals surface area contributed by atoms with Gasteiger partial charge in [-0.15, -0.1) is 10.2 Å². The lowest BCUT2D eigenvalue weighted by Crippen LogP contribution is -2.25. The van der Waals surface area contributed by atoms with E-state index in [9.17, 15) is 9.90 Å². The highest BCUT2D eigenvalue weighted by Gasteiger charge is 2.11. The average Bonchev–Trinajstić information content (AvgIpc) is 3.28. The van der Waals surface area contributed by atoms with Gasteiger partial charge in [0, 0.05) is 12.3 Å². The molecule has 0 aliphatic heterocycles. The number of hydrogen-bond acceptors (Lipinski definition) is 9. The molecule has 0 saturated carbocycles. The number of hydrogen-bond donors (Lipinski definition) is 2. The Morgan fingerprint density at radius 1 is 1.44 bits per heavy atom. The Hall–Kier alpha value is -1.07. The Bertz CT molecular complexity index is 621. The summed E-state index contributed by atoms with van der Waals surface area (Å²) in [6.07, 6.45) is 1.91. The van der Waals surface area contributed by atoms with Gasteiger partial charge in [0.1, 0.15) is 12.4 Å². The summed E-state index contributed by atoms with van der Waals surface area (Å²) in [6.45, 7) is 3.27. The molecule has 1 amide bonds. The molecule has 0 saturated heterocycles. The van der Waals surface area contributed by atoms with Crippen molar-refractivity contribution in [1.29, 1.82) is 0 Å². The first kappa shape index (κ1) is 20.2. The highest BCUT2D eigenvalue weighted by atomic mass is 32.2. The summed E-state index contributed by atoms with van der Waals surface area (Å²) in [7, 11) is 0. The van der Waals surface area contributed by atoms with E-state index in [1.807, 2.05) is 13.0 Å². The van der Waals surface area contributed by atoms with Crippen molar-refractivity contribution < 1.29 is 19.1 Å². The predicted octanol–water partition coefficient (Wildman–Crippen LogP) is 2.42. The monoisotopic (exact) mass is 403 g/mol. The van der Waals surface area contributed by atoms with E-state index in [4.69, 9.17) is 9.15 Å². The second-order valence-electron chi connectivity index (χ2n) is 5.03. The number of aromatic nitrogens is 2. The third kappa shape index (κ3) is 8.23. The van der Waals surface area contributed by atoms with Crippen molar-refractivity contribution in [3.8, 4) is 0 Å². The van der Waals surface area contributed by atoms with Crippen LogP contribution in [0.1, 0.15) is 19.1 Å². The topological polar surface area (TPSA) is 97.5 Å². The lowest BCUT2D eigenvalue weighted by Gasteiger charge is -2.08. The van der Waals surface area contributed by atoms with Crippen LogP contribution in [-0.4, -0.2) is 52.0 Å². The number of furan rings is 1. The number of aliphatic hydroxyl groups excluding tert-OH is 1. The fourth-order valence-electron chi connectivity index (χ4n) is 1.66. The van der Waals surface area contributed by atoms with Crippen molar-refractivity contribution in [2.24, 2.45) is 0 Å². The van der Waals surface area contributed by atoms with Crippen LogP contribution in [0, 0.1) is 0 Å². The second-order valence-corrected chi connectivity index (χ2v) is 8.50. The summed E-state index contributed by atoms with van der Waals surface area (Å²) in [5, 5.41) is 20.9. The molecule has 1 atom stereocenters. The van der Waals surface area contributed by atoms with Crippen molar-refractivity contribution in [2.75, 3.05) is 24.7 Å². The smallest absolute Gasteiger partial charge is 0.230 e. The molecule has 138 valence electrons. The summed E-state index contributed by atoms with van der Waals surface area (Å²) in [6, 6.07) is 3.62. The summed E-state index contributed by atoms with van der Waals surface area (Å²) in [5.41, 5.74) is 0. The molecule has 1 unspecified atom stereocenters. The van der Waals surface area contributed by atoms with E-state index >= 15 is 0 Å². The van der Waals surface area contributed by atoms with Gasteiger partial charge < -0.3 is 19.6 Å². The van der Waals surface area contributed by atoms with Gasteiger partial charge in [-0.2, -0.15) is 0 Å². The van der Waals surface area contributed by atoms with Crippen LogP contribution in [0.2, 0.25) is 0 Å². The first-order chi connectivity index (χ1) is 12.2. The molecule has 10 heteroatoms. The zero-order valence-electron chi connectivity index (χ0n) is 13.8. The van der Waals surface area contributed by atoms with E-state index in [-0.39, 0.29) is 12.5 Å². The van der Waals surface area contributed by atoms with Crippen LogP contribution in [0.4, 0.5) is 0 Å². The van der Waals surface area contributed by atoms with Crippen molar-refractivity contribution in [2.45, 2.75) is 34.7 Å². The summed E-state index contributed by atoms with van der Waals surface area (Å²) in [5.74, 6) is 1.53. The lowest BCUT2D eigenvalue weighted by atomic mass is 10.4. The van der Waals surface area contributed by atoms with Crippen LogP contribution in [0.15, 0.2) is 31.5 Å². The molecule has 0 bridgehead atoms. The van der Waals surface area contributed by atoms with E-state index in [1.165, 1.54) is 34.9 Å². The van der Waals surface area contributed by atoms with E-state index < -0.39 is 6.10 Å². The number of nitrogens with one attached hydrogen (secondary N) is 1. The third-order valence-electron chi connectivity index (χ3n) is 2.82. The molecule has 25 heavy (non-hydrogen) atoms. The van der Waals surface area contributed by atoms with Gasteiger partial charge in [-0.3, -0.25) is 4.79 Å². The van der Waals surface area contributed by atoms with E-state index in [1.54, 1.807) is 12.3 Å². The number of aliphatic hydroxyl groups is 1. The number of thioether (sulfide) groups is 2. The van der Waals surface area contributed by atoms with Crippen molar-refractivity contribution >= 4 is 40.8 Å². The molecule has 0 aliphatic carbocycles. The zero-order valence-corrected chi connectivity index (χ0v) is 16.3. The van der Waals surface area contributed by atoms with Crippen LogP contribution in [0.5, 0.6) is 0 Å². The van der Waals surface area contributed by atoms with Gasteiger partial charge in [-0.1, -0.05) is 41.8 Å². The standard InChI is InChI=1S/C15H21N3O4S3/c1-2-5-16-13(20)10-24-15-18-17-14(25-15)23-9-11(19)7-21-8-12-4-3-6-22-12/h3-4,6,11,19H,2,5,7-10H2,1H3,(H,16,20). The Labute approximate surface area is 158 Å². The minimum atomic E-state index is -0.597. The highest BCUT2D eigenvalue weighted by Crippen LogP contribution is 2.29. The summed E-state index contributed by atoms with van der Waals surface area (Å²) < 4.78 is 12.1. The van der Waals surface area contributed by atoms with Crippen molar-refractivity contribution in [3.05, 3.63) is 24.2 Å². The number of amides is 1. The molecule has 2 aromatic rings. The van der Waals surface area contributed by atoms with Crippen LogP contribution < -0.4 is 5.32 Å². The van der Waals surface area contributed by atoms with Crippen molar-refractivity contribution in [1.82, 2.24) is 15.5 Å². The molecule has 0 aliphatic rings. The van der Waals surface area contributed by atoms with E-state index in [0.29, 0.717) is 24.7 Å². The first-order valence-electron chi connectivity index (χ1n) is 7.81. The van der Waals surface area contributed by atoms with Gasteiger partial charge in [-0.05, 0) is 18.6 Å². The minimum Gasteiger partial charge on any atom is -0.467 e. The maximum Gasteiger partial charge on any atom is 0.230 e. The SMILES string of the molecule is CCCNC(=O)CSc1nnc(SCC(O)COCc2ccco2)s1. The average molecular weight is 404 g/mol. The Morgan fingerprint density at radius 2 is 2.24 bits per heavy atom. The molecular weight excluding hydrogens is 382 g/mol. The number of ether oxygens (including phenoxy) is 1. The van der Waals surface area contributed by atoms with Gasteiger partial charge >= 0.3 is 0 Å². The largest absolute Gasteiger partial charge is 0.467 e. The number of rotatable bonds is 12. The second kappa shape index (κ2) is 11.5. The Morgan fingerprint density at radius 3 is 2.96 bits per heavy atom. The van der Waals surface area contributed by atoms with Crippen molar-refractivity contribution in [3.63, 3.8) is 0 Å². The molecular formula is C15H21N3O4S3. The van der Waals surface area contributed by atoms with E-state index in [0.717, 1.165) is 20.9 Å². The number of nitrogens with zero attached hydrogens (tertiary/aromatic N) is 2. The molecule has 2 aromatic heterocycles. The fraction of sp³-hybridized carbons (Fsp3) is 0.533. The molecule has 2 rings (SSSR count). The molecule has 0 spiro atoms. The zero-order chi connectivity index (χ0) is 17.9. The Kier molecular flexibility index (Phi) is 9.33. The van der Waals surface area contributed by atoms with Crippen LogP contribution in [0.25, 0.3) is 0 Å². The summed E-state index contributed by atoms with van der Waals surface area (Å²) in [4.78, 5) is 11.5. The molecule has 0 fully saturated rings. The molecule has 2 heterocycles. The molecule has 0 radical (unpaired) electrons. The number of carbonyl (C=O) groups is 1. The fourth-order valence-corrected chi connectivity index (χ4v) is 4.44. The normalized spacial score (nSPS) is 12.2. The van der Waals surface area contributed by atoms with E-state index in [2.05, 4.69) is 15.5 Å². The van der Waals surface area contributed by atoms with Gasteiger partial charge in [0.05, 0.1) is 24.7 Å². The quantitative estimate of drug-likeness (QED) is 0.522. The third-order valence-corrected chi connectivity index (χ3v) is 6.16. The Balaban J connectivity index is 1.60. The molecule has 2 N–H and O–H groups in total. The van der Waals surface area contributed by atoms with Gasteiger partial charge in [0.15, 0.2) is 8.68 Å². The highest BCUT2D eigenvalue weighted by molar-refractivity contribution is 8.03. The van der Waals surface area contributed by atoms with Gasteiger partial charge in [0.25, 0.3) is 0 Å². The van der Waals surface area contributed by atoms with Gasteiger partial charge in [-0.25, -0.2) is 0 Å². The summed E-state index contributed by atoms with van der Waals surface area (Å²) >= 11 is 4.21. The first-order valence-corrected chi connectivity index (χ1v) is 10.6. The van der Waals surface area contributed by atoms with Gasteiger partial charge in [0.2, 0.25) is 5.91 Å². The number of carbonyl (C=O) groups excluding carboxylic acids is 1. The lowest BCUT2D eigenvalue weighted by molar-refractivity contribution is -0.118. The van der Waals surface area contributed by atoms with Crippen LogP contribution in [0.3, 0.4) is 0 Å². The maximum atomic E-state index is 11.5. The molecule has 0 aromatic carbocycles. The van der Waals surface area contributed by atoms with Crippen LogP contribution >= 0.6 is 34.9 Å². The maximum absolute atomic E-state index is 11.5. The van der Waals surface area contributed by atoms with Crippen LogP contribution in [-0.2, 0) is 16.1 Å². The predicted molar refractivity (Wildman–Crippen MR) is 99.0 cm³/mol. The molecule has 7 nitrogen and oxygen atoms in total.